The molecular weight excluding hydrogens is 532 g/mol. The molecule has 3 atom stereocenters. The zero-order valence-electron chi connectivity index (χ0n) is 23.6. The summed E-state index contributed by atoms with van der Waals surface area (Å²) >= 11 is 6.55. The predicted octanol–water partition coefficient (Wildman–Crippen LogP) is 5.40. The van der Waals surface area contributed by atoms with E-state index in [1.54, 1.807) is 13.3 Å². The van der Waals surface area contributed by atoms with Crippen LogP contribution in [0.15, 0.2) is 30.5 Å². The van der Waals surface area contributed by atoms with Crippen LogP contribution in [0, 0.1) is 16.7 Å². The van der Waals surface area contributed by atoms with Gasteiger partial charge in [0.1, 0.15) is 17.2 Å². The second kappa shape index (κ2) is 13.0. The summed E-state index contributed by atoms with van der Waals surface area (Å²) in [7, 11) is 1.66. The quantitative estimate of drug-likeness (QED) is 0.381. The van der Waals surface area contributed by atoms with Gasteiger partial charge in [0.25, 0.3) is 0 Å². The van der Waals surface area contributed by atoms with E-state index in [4.69, 9.17) is 30.8 Å². The number of rotatable bonds is 8. The number of alkyl carbamates (subject to hydrolysis) is 1. The van der Waals surface area contributed by atoms with E-state index in [0.717, 1.165) is 18.4 Å². The minimum atomic E-state index is -0.558. The van der Waals surface area contributed by atoms with Gasteiger partial charge in [0.2, 0.25) is 0 Å². The van der Waals surface area contributed by atoms with Crippen molar-refractivity contribution in [1.29, 1.82) is 5.26 Å². The number of methoxy groups -OCH3 is 1. The number of nitrogens with zero attached hydrogens (tertiary/aromatic N) is 3. The van der Waals surface area contributed by atoms with Gasteiger partial charge < -0.3 is 30.2 Å². The fourth-order valence-corrected chi connectivity index (χ4v) is 5.30. The van der Waals surface area contributed by atoms with Gasteiger partial charge in [-0.3, -0.25) is 0 Å². The molecule has 4 rings (SSSR count). The minimum Gasteiger partial charge on any atom is -0.444 e. The summed E-state index contributed by atoms with van der Waals surface area (Å²) in [4.78, 5) is 21.5. The van der Waals surface area contributed by atoms with E-state index in [0.29, 0.717) is 61.4 Å². The van der Waals surface area contributed by atoms with Gasteiger partial charge in [-0.1, -0.05) is 17.7 Å². The number of carbonyl (C=O) groups is 1. The van der Waals surface area contributed by atoms with E-state index < -0.39 is 17.1 Å². The molecule has 0 aromatic carbocycles. The number of anilines is 2. The molecule has 3 N–H and O–H groups in total. The normalized spacial score (nSPS) is 22.6. The first-order valence-electron chi connectivity index (χ1n) is 13.7. The standard InChI is InChI=1S/C29H39ClN6O4/c1-28(2,3)40-27(37)36-23-9-8-19(14-24(23)38-4)34-26-15-20(21(30)16-32-26)22-6-5-7-25(35-22)33-18-29(17-31)10-12-39-13-11-29/h5-7,15-16,19,23-24H,8-14,18H2,1-4H3,(H,32,34)(H,33,35)(H,36,37). The molecule has 1 saturated carbocycles. The van der Waals surface area contributed by atoms with Crippen molar-refractivity contribution in [3.8, 4) is 17.3 Å². The molecule has 0 radical (unpaired) electrons. The zero-order valence-corrected chi connectivity index (χ0v) is 24.4. The Labute approximate surface area is 241 Å². The maximum atomic E-state index is 12.3. The molecule has 0 bridgehead atoms. The highest BCUT2D eigenvalue weighted by Gasteiger charge is 2.34. The van der Waals surface area contributed by atoms with Crippen LogP contribution in [-0.4, -0.2) is 66.7 Å². The molecule has 40 heavy (non-hydrogen) atoms. The second-order valence-electron chi connectivity index (χ2n) is 11.5. The smallest absolute Gasteiger partial charge is 0.407 e. The van der Waals surface area contributed by atoms with E-state index in [2.05, 4.69) is 27.0 Å². The molecule has 11 heteroatoms. The Morgan fingerprint density at radius 1 is 1.25 bits per heavy atom. The van der Waals surface area contributed by atoms with E-state index in [9.17, 15) is 10.1 Å². The molecule has 0 spiro atoms. The Bertz CT molecular complexity index is 1210. The summed E-state index contributed by atoms with van der Waals surface area (Å²) < 4.78 is 16.6. The van der Waals surface area contributed by atoms with E-state index in [1.165, 1.54) is 0 Å². The van der Waals surface area contributed by atoms with Gasteiger partial charge in [-0.25, -0.2) is 14.8 Å². The monoisotopic (exact) mass is 570 g/mol. The van der Waals surface area contributed by atoms with Gasteiger partial charge in [-0.2, -0.15) is 5.26 Å². The largest absolute Gasteiger partial charge is 0.444 e. The van der Waals surface area contributed by atoms with Gasteiger partial charge in [0.05, 0.1) is 34.3 Å². The van der Waals surface area contributed by atoms with Gasteiger partial charge in [0.15, 0.2) is 0 Å². The van der Waals surface area contributed by atoms with Crippen molar-refractivity contribution in [2.45, 2.75) is 76.7 Å². The average molecular weight is 571 g/mol. The lowest BCUT2D eigenvalue weighted by Gasteiger charge is -2.36. The van der Waals surface area contributed by atoms with Crippen LogP contribution in [0.4, 0.5) is 16.4 Å². The number of carbonyl (C=O) groups excluding carboxylic acids is 1. The number of halogens is 1. The predicted molar refractivity (Wildman–Crippen MR) is 154 cm³/mol. The average Bonchev–Trinajstić information content (AvgIpc) is 2.93. The van der Waals surface area contributed by atoms with Crippen molar-refractivity contribution in [3.05, 3.63) is 35.5 Å². The highest BCUT2D eigenvalue weighted by atomic mass is 35.5. The highest BCUT2D eigenvalue weighted by Crippen LogP contribution is 2.32. The molecule has 216 valence electrons. The first-order valence-corrected chi connectivity index (χ1v) is 14.1. The summed E-state index contributed by atoms with van der Waals surface area (Å²) in [5, 5.41) is 20.0. The van der Waals surface area contributed by atoms with E-state index >= 15 is 0 Å². The van der Waals surface area contributed by atoms with Crippen LogP contribution in [0.3, 0.4) is 0 Å². The second-order valence-corrected chi connectivity index (χ2v) is 11.9. The molecule has 2 aromatic rings. The number of ether oxygens (including phenoxy) is 3. The van der Waals surface area contributed by atoms with E-state index in [-0.39, 0.29) is 18.2 Å². The summed E-state index contributed by atoms with van der Waals surface area (Å²) in [5.74, 6) is 1.36. The number of nitriles is 1. The SMILES string of the molecule is COC1CC(Nc2cc(-c3cccc(NCC4(C#N)CCOCC4)n3)c(Cl)cn2)CCC1NC(=O)OC(C)(C)C. The van der Waals surface area contributed by atoms with Crippen molar-refractivity contribution >= 4 is 29.3 Å². The Morgan fingerprint density at radius 3 is 2.73 bits per heavy atom. The first-order chi connectivity index (χ1) is 19.1. The number of hydrogen-bond donors (Lipinski definition) is 3. The fraction of sp³-hybridized carbons (Fsp3) is 0.586. The Balaban J connectivity index is 1.40. The third-order valence-corrected chi connectivity index (χ3v) is 7.63. The summed E-state index contributed by atoms with van der Waals surface area (Å²) in [6.45, 7) is 7.22. The Morgan fingerprint density at radius 2 is 2.02 bits per heavy atom. The lowest BCUT2D eigenvalue weighted by molar-refractivity contribution is 0.0191. The van der Waals surface area contributed by atoms with Crippen molar-refractivity contribution < 1.29 is 19.0 Å². The molecule has 1 aliphatic carbocycles. The van der Waals surface area contributed by atoms with Crippen LogP contribution >= 0.6 is 11.6 Å². The van der Waals surface area contributed by atoms with Gasteiger partial charge in [0, 0.05) is 44.7 Å². The molecular formula is C29H39ClN6O4. The number of pyridine rings is 2. The topological polar surface area (TPSA) is 130 Å². The van der Waals surface area contributed by atoms with Gasteiger partial charge in [-0.05, 0) is 71.1 Å². The van der Waals surface area contributed by atoms with Crippen molar-refractivity contribution in [3.63, 3.8) is 0 Å². The number of aromatic nitrogens is 2. The van der Waals surface area contributed by atoms with Crippen LogP contribution < -0.4 is 16.0 Å². The maximum absolute atomic E-state index is 12.3. The van der Waals surface area contributed by atoms with Gasteiger partial charge in [-0.15, -0.1) is 0 Å². The molecule has 10 nitrogen and oxygen atoms in total. The summed E-state index contributed by atoms with van der Waals surface area (Å²) in [6, 6.07) is 10.0. The molecule has 1 saturated heterocycles. The molecule has 2 fully saturated rings. The van der Waals surface area contributed by atoms with Crippen molar-refractivity contribution in [2.75, 3.05) is 37.5 Å². The fourth-order valence-electron chi connectivity index (χ4n) is 5.10. The van der Waals surface area contributed by atoms with Crippen molar-refractivity contribution in [1.82, 2.24) is 15.3 Å². The minimum absolute atomic E-state index is 0.103. The summed E-state index contributed by atoms with van der Waals surface area (Å²) in [6.07, 6.45) is 4.67. The third-order valence-electron chi connectivity index (χ3n) is 7.32. The number of hydrogen-bond acceptors (Lipinski definition) is 9. The highest BCUT2D eigenvalue weighted by molar-refractivity contribution is 6.33. The molecule has 2 aliphatic rings. The van der Waals surface area contributed by atoms with Gasteiger partial charge >= 0.3 is 6.09 Å². The summed E-state index contributed by atoms with van der Waals surface area (Å²) in [5.41, 5.74) is 0.450. The molecule has 3 unspecified atom stereocenters. The van der Waals surface area contributed by atoms with Crippen LogP contribution in [0.2, 0.25) is 5.02 Å². The molecule has 2 aromatic heterocycles. The van der Waals surface area contributed by atoms with Crippen LogP contribution in [0.25, 0.3) is 11.3 Å². The lowest BCUT2D eigenvalue weighted by atomic mass is 9.82. The Hall–Kier alpha value is -3.13. The first kappa shape index (κ1) is 29.8. The van der Waals surface area contributed by atoms with Crippen molar-refractivity contribution in [2.24, 2.45) is 5.41 Å². The van der Waals surface area contributed by atoms with E-state index in [1.807, 2.05) is 45.0 Å². The maximum Gasteiger partial charge on any atom is 0.407 e. The lowest BCUT2D eigenvalue weighted by Crippen LogP contribution is -2.51. The number of amides is 1. The molecule has 1 amide bonds. The number of nitrogens with one attached hydrogen (secondary N) is 3. The third kappa shape index (κ3) is 7.96. The van der Waals surface area contributed by atoms with Crippen LogP contribution in [0.1, 0.15) is 52.9 Å². The van der Waals surface area contributed by atoms with Crippen LogP contribution in [-0.2, 0) is 14.2 Å². The Kier molecular flexibility index (Phi) is 9.72. The van der Waals surface area contributed by atoms with Crippen LogP contribution in [0.5, 0.6) is 0 Å². The molecule has 3 heterocycles. The zero-order chi connectivity index (χ0) is 28.8. The molecule has 1 aliphatic heterocycles.